The van der Waals surface area contributed by atoms with Crippen molar-refractivity contribution in [2.24, 2.45) is 0 Å². The van der Waals surface area contributed by atoms with Gasteiger partial charge in [0.25, 0.3) is 0 Å². The smallest absolute Gasteiger partial charge is 0.194 e. The number of aryl methyl sites for hydroxylation is 1. The van der Waals surface area contributed by atoms with Gasteiger partial charge in [-0.15, -0.1) is 0 Å². The molecule has 0 fully saturated rings. The van der Waals surface area contributed by atoms with Crippen molar-refractivity contribution in [3.05, 3.63) is 12.7 Å². The summed E-state index contributed by atoms with van der Waals surface area (Å²) in [6, 6.07) is 0. The molecule has 0 unspecified atom stereocenters. The molecule has 0 saturated heterocycles. The fourth-order valence-electron chi connectivity index (χ4n) is 0.618. The Labute approximate surface area is 48.4 Å². The van der Waals surface area contributed by atoms with Gasteiger partial charge in [-0.05, 0) is 11.4 Å². The Morgan fingerprint density at radius 2 is 2.62 bits per heavy atom. The van der Waals surface area contributed by atoms with Gasteiger partial charge in [0.15, 0.2) is 0 Å². The molecule has 0 amide bonds. The predicted octanol–water partition coefficient (Wildman–Crippen LogP) is 0.107. The third-order valence-corrected chi connectivity index (χ3v) is 0.969. The van der Waals surface area contributed by atoms with Crippen LogP contribution in [0.25, 0.3) is 0 Å². The highest BCUT2D eigenvalue weighted by atomic mass is 15.3. The number of nitrogens with one attached hydrogen (secondary N) is 1. The molecule has 0 atom stereocenters. The molecule has 0 aliphatic carbocycles. The molecule has 1 aromatic rings. The molecular weight excluding hydrogens is 102 g/mol. The first-order valence-corrected chi connectivity index (χ1v) is 2.81. The second-order valence-corrected chi connectivity index (χ2v) is 1.72. The first-order valence-electron chi connectivity index (χ1n) is 2.81. The standard InChI is InChI=1S/C5H9N3/c1-2-3-8-5-6-4-7-8/h4-5H,2-3H2,1H3/p+1. The van der Waals surface area contributed by atoms with Gasteiger partial charge in [0.05, 0.1) is 0 Å². The number of nitrogens with zero attached hydrogens (tertiary/aromatic N) is 2. The van der Waals surface area contributed by atoms with Crippen LogP contribution < -0.4 is 4.68 Å². The maximum Gasteiger partial charge on any atom is 0.306 e. The zero-order valence-corrected chi connectivity index (χ0v) is 4.96. The van der Waals surface area contributed by atoms with E-state index in [0.29, 0.717) is 0 Å². The first-order chi connectivity index (χ1) is 3.93. The lowest BCUT2D eigenvalue weighted by molar-refractivity contribution is -0.751. The van der Waals surface area contributed by atoms with Gasteiger partial charge in [0.2, 0.25) is 6.33 Å². The van der Waals surface area contributed by atoms with E-state index < -0.39 is 0 Å². The molecule has 1 heterocycles. The zero-order chi connectivity index (χ0) is 5.82. The van der Waals surface area contributed by atoms with Crippen molar-refractivity contribution >= 4 is 0 Å². The summed E-state index contributed by atoms with van der Waals surface area (Å²) >= 11 is 0. The molecule has 0 aliphatic rings. The molecule has 3 nitrogen and oxygen atoms in total. The molecule has 8 heavy (non-hydrogen) atoms. The molecule has 1 rings (SSSR count). The summed E-state index contributed by atoms with van der Waals surface area (Å²) < 4.78 is 1.94. The summed E-state index contributed by atoms with van der Waals surface area (Å²) in [7, 11) is 0. The molecule has 0 bridgehead atoms. The number of rotatable bonds is 2. The summed E-state index contributed by atoms with van der Waals surface area (Å²) in [5.41, 5.74) is 0. The van der Waals surface area contributed by atoms with Gasteiger partial charge in [-0.3, -0.25) is 0 Å². The Morgan fingerprint density at radius 1 is 1.75 bits per heavy atom. The Hall–Kier alpha value is -0.860. The number of aromatic nitrogens is 3. The number of hydrogen-bond donors (Lipinski definition) is 1. The Balaban J connectivity index is 2.50. The molecule has 0 aliphatic heterocycles. The summed E-state index contributed by atoms with van der Waals surface area (Å²) in [6.45, 7) is 3.16. The van der Waals surface area contributed by atoms with Gasteiger partial charge in [0, 0.05) is 0 Å². The molecule has 1 aromatic heterocycles. The minimum absolute atomic E-state index is 1.03. The number of aromatic amines is 1. The van der Waals surface area contributed by atoms with E-state index in [2.05, 4.69) is 17.0 Å². The summed E-state index contributed by atoms with van der Waals surface area (Å²) in [4.78, 5) is 3.85. The fourth-order valence-corrected chi connectivity index (χ4v) is 0.618. The third kappa shape index (κ3) is 1.05. The molecule has 1 N–H and O–H groups in total. The normalized spacial score (nSPS) is 9.62. The number of H-pyrrole nitrogens is 1. The van der Waals surface area contributed by atoms with Crippen molar-refractivity contribution in [3.8, 4) is 0 Å². The lowest BCUT2D eigenvalue weighted by Gasteiger charge is -1.84. The van der Waals surface area contributed by atoms with Crippen molar-refractivity contribution < 1.29 is 4.68 Å². The zero-order valence-electron chi connectivity index (χ0n) is 4.96. The van der Waals surface area contributed by atoms with Gasteiger partial charge in [-0.2, -0.15) is 9.78 Å². The molecule has 0 aromatic carbocycles. The van der Waals surface area contributed by atoms with Crippen LogP contribution in [0.1, 0.15) is 13.3 Å². The monoisotopic (exact) mass is 112 g/mol. The van der Waals surface area contributed by atoms with E-state index in [9.17, 15) is 0 Å². The molecule has 3 heteroatoms. The van der Waals surface area contributed by atoms with Gasteiger partial charge in [0.1, 0.15) is 6.54 Å². The van der Waals surface area contributed by atoms with Crippen LogP contribution in [0.5, 0.6) is 0 Å². The van der Waals surface area contributed by atoms with Crippen molar-refractivity contribution in [2.45, 2.75) is 19.9 Å². The predicted molar refractivity (Wildman–Crippen MR) is 29.1 cm³/mol. The Bertz CT molecular complexity index is 133. The average Bonchev–Trinajstić information content (AvgIpc) is 2.19. The van der Waals surface area contributed by atoms with Gasteiger partial charge in [-0.25, -0.2) is 0 Å². The van der Waals surface area contributed by atoms with E-state index in [-0.39, 0.29) is 0 Å². The van der Waals surface area contributed by atoms with Crippen LogP contribution in [0.3, 0.4) is 0 Å². The minimum atomic E-state index is 1.03. The summed E-state index contributed by atoms with van der Waals surface area (Å²) in [5, 5.41) is 2.94. The van der Waals surface area contributed by atoms with E-state index in [4.69, 9.17) is 0 Å². The first kappa shape index (κ1) is 5.28. The minimum Gasteiger partial charge on any atom is -0.194 e. The van der Waals surface area contributed by atoms with Crippen molar-refractivity contribution in [1.29, 1.82) is 0 Å². The summed E-state index contributed by atoms with van der Waals surface area (Å²) in [5.74, 6) is 0. The second-order valence-electron chi connectivity index (χ2n) is 1.72. The van der Waals surface area contributed by atoms with Crippen LogP contribution in [0.4, 0.5) is 0 Å². The molecule has 0 saturated carbocycles. The largest absolute Gasteiger partial charge is 0.306 e. The van der Waals surface area contributed by atoms with Crippen LogP contribution in [-0.4, -0.2) is 10.1 Å². The SMILES string of the molecule is CCC[n+]1cnc[nH]1. The Kier molecular flexibility index (Phi) is 1.62. The number of hydrogen-bond acceptors (Lipinski definition) is 1. The highest BCUT2D eigenvalue weighted by Gasteiger charge is 1.92. The van der Waals surface area contributed by atoms with E-state index in [0.717, 1.165) is 13.0 Å². The lowest BCUT2D eigenvalue weighted by atomic mass is 10.5. The maximum absolute atomic E-state index is 3.85. The molecule has 0 spiro atoms. The molecule has 44 valence electrons. The van der Waals surface area contributed by atoms with E-state index >= 15 is 0 Å². The van der Waals surface area contributed by atoms with Gasteiger partial charge >= 0.3 is 6.33 Å². The van der Waals surface area contributed by atoms with Crippen LogP contribution in [0.15, 0.2) is 12.7 Å². The second kappa shape index (κ2) is 2.45. The summed E-state index contributed by atoms with van der Waals surface area (Å²) in [6.07, 6.45) is 4.60. The van der Waals surface area contributed by atoms with Crippen molar-refractivity contribution in [2.75, 3.05) is 0 Å². The Morgan fingerprint density at radius 3 is 3.12 bits per heavy atom. The van der Waals surface area contributed by atoms with E-state index in [1.54, 1.807) is 12.7 Å². The van der Waals surface area contributed by atoms with Crippen LogP contribution in [0.2, 0.25) is 0 Å². The van der Waals surface area contributed by atoms with Crippen molar-refractivity contribution in [3.63, 3.8) is 0 Å². The van der Waals surface area contributed by atoms with Gasteiger partial charge < -0.3 is 0 Å². The van der Waals surface area contributed by atoms with Crippen LogP contribution in [-0.2, 0) is 6.54 Å². The van der Waals surface area contributed by atoms with E-state index in [1.807, 2.05) is 4.68 Å². The molecule has 0 radical (unpaired) electrons. The maximum atomic E-state index is 3.85. The third-order valence-electron chi connectivity index (χ3n) is 0.969. The highest BCUT2D eigenvalue weighted by molar-refractivity contribution is 4.34. The fraction of sp³-hybridized carbons (Fsp3) is 0.600. The average molecular weight is 112 g/mol. The van der Waals surface area contributed by atoms with Crippen molar-refractivity contribution in [1.82, 2.24) is 10.1 Å². The van der Waals surface area contributed by atoms with Crippen LogP contribution in [0, 0.1) is 0 Å². The lowest BCUT2D eigenvalue weighted by Crippen LogP contribution is -2.34. The topological polar surface area (TPSA) is 32.6 Å². The van der Waals surface area contributed by atoms with E-state index in [1.165, 1.54) is 0 Å². The van der Waals surface area contributed by atoms with Crippen LogP contribution >= 0.6 is 0 Å². The quantitative estimate of drug-likeness (QED) is 0.541. The molecular formula is C5H10N3+. The highest BCUT2D eigenvalue weighted by Crippen LogP contribution is 1.70. The van der Waals surface area contributed by atoms with Gasteiger partial charge in [-0.1, -0.05) is 6.92 Å².